The molecule has 1 heterocycles. The van der Waals surface area contributed by atoms with Crippen molar-refractivity contribution in [3.05, 3.63) is 157 Å². The summed E-state index contributed by atoms with van der Waals surface area (Å²) in [5.74, 6) is 0. The number of aromatic nitrogens is 1. The van der Waals surface area contributed by atoms with Crippen molar-refractivity contribution in [2.24, 2.45) is 0 Å². The van der Waals surface area contributed by atoms with Gasteiger partial charge in [0.25, 0.3) is 0 Å². The lowest BCUT2D eigenvalue weighted by Crippen LogP contribution is -1.94. The van der Waals surface area contributed by atoms with E-state index in [1.54, 1.807) is 0 Å². The van der Waals surface area contributed by atoms with Crippen molar-refractivity contribution < 1.29 is 0 Å². The number of fused-ring (bicyclic) bond motifs is 5. The summed E-state index contributed by atoms with van der Waals surface area (Å²) in [6.45, 7) is 7.37. The van der Waals surface area contributed by atoms with Crippen LogP contribution in [0.3, 0.4) is 0 Å². The summed E-state index contributed by atoms with van der Waals surface area (Å²) in [5, 5.41) is 7.40. The standard InChI is InChI=1S/C39H24N2/c1-40-28-22-18-26(19-23-28)38-32-12-2-4-14-34(32)39(35-15-5-3-13-33(35)38)27-20-24-29(25-21-27)41-36-16-8-6-10-30(36)31-11-7-9-17-37(31)41/h2-25H. The van der Waals surface area contributed by atoms with Crippen molar-refractivity contribution in [2.45, 2.75) is 0 Å². The van der Waals surface area contributed by atoms with Crippen LogP contribution in [0.2, 0.25) is 0 Å². The maximum absolute atomic E-state index is 7.37. The summed E-state index contributed by atoms with van der Waals surface area (Å²) in [4.78, 5) is 3.59. The van der Waals surface area contributed by atoms with Crippen LogP contribution in [-0.4, -0.2) is 4.57 Å². The van der Waals surface area contributed by atoms with Crippen molar-refractivity contribution in [1.29, 1.82) is 0 Å². The van der Waals surface area contributed by atoms with Crippen LogP contribution in [0.15, 0.2) is 146 Å². The molecule has 0 bridgehead atoms. The van der Waals surface area contributed by atoms with Crippen LogP contribution in [0.1, 0.15) is 0 Å². The maximum Gasteiger partial charge on any atom is 0.187 e. The highest BCUT2D eigenvalue weighted by Gasteiger charge is 2.17. The van der Waals surface area contributed by atoms with Crippen LogP contribution < -0.4 is 0 Å². The number of nitrogens with zero attached hydrogens (tertiary/aromatic N) is 2. The zero-order valence-corrected chi connectivity index (χ0v) is 22.3. The van der Waals surface area contributed by atoms with E-state index < -0.39 is 0 Å². The van der Waals surface area contributed by atoms with Gasteiger partial charge >= 0.3 is 0 Å². The second-order valence-electron chi connectivity index (χ2n) is 10.4. The molecular formula is C39H24N2. The maximum atomic E-state index is 7.37. The molecule has 0 aliphatic heterocycles. The van der Waals surface area contributed by atoms with Gasteiger partial charge in [0, 0.05) is 16.5 Å². The molecule has 190 valence electrons. The topological polar surface area (TPSA) is 9.29 Å². The van der Waals surface area contributed by atoms with Crippen molar-refractivity contribution >= 4 is 49.0 Å². The fourth-order valence-corrected chi connectivity index (χ4v) is 6.43. The first-order valence-corrected chi connectivity index (χ1v) is 13.8. The van der Waals surface area contributed by atoms with E-state index in [2.05, 4.69) is 143 Å². The third-order valence-corrected chi connectivity index (χ3v) is 8.21. The number of benzene rings is 7. The Balaban J connectivity index is 1.36. The molecule has 2 nitrogen and oxygen atoms in total. The van der Waals surface area contributed by atoms with E-state index >= 15 is 0 Å². The van der Waals surface area contributed by atoms with E-state index in [-0.39, 0.29) is 0 Å². The molecule has 0 spiro atoms. The van der Waals surface area contributed by atoms with Gasteiger partial charge in [0.15, 0.2) is 5.69 Å². The molecular weight excluding hydrogens is 496 g/mol. The minimum Gasteiger partial charge on any atom is -0.309 e. The van der Waals surface area contributed by atoms with Crippen LogP contribution in [0.4, 0.5) is 5.69 Å². The largest absolute Gasteiger partial charge is 0.309 e. The van der Waals surface area contributed by atoms with E-state index in [1.807, 2.05) is 12.1 Å². The average molecular weight is 521 g/mol. The molecule has 41 heavy (non-hydrogen) atoms. The summed E-state index contributed by atoms with van der Waals surface area (Å²) >= 11 is 0. The lowest BCUT2D eigenvalue weighted by atomic mass is 9.86. The molecule has 1 aromatic heterocycles. The SMILES string of the molecule is [C-]#[N+]c1ccc(-c2c3ccccc3c(-c3ccc(-n4c5ccccc5c5ccccc54)cc3)c3ccccc23)cc1. The van der Waals surface area contributed by atoms with E-state index in [0.717, 1.165) is 11.3 Å². The fraction of sp³-hybridized carbons (Fsp3) is 0. The summed E-state index contributed by atoms with van der Waals surface area (Å²) in [6, 6.07) is 51.6. The first-order valence-electron chi connectivity index (χ1n) is 13.8. The number of hydrogen-bond donors (Lipinski definition) is 0. The molecule has 0 saturated carbocycles. The highest BCUT2D eigenvalue weighted by atomic mass is 15.0. The van der Waals surface area contributed by atoms with Crippen molar-refractivity contribution in [2.75, 3.05) is 0 Å². The van der Waals surface area contributed by atoms with Gasteiger partial charge in [-0.1, -0.05) is 121 Å². The Morgan fingerprint density at radius 2 is 0.756 bits per heavy atom. The molecule has 8 aromatic rings. The molecule has 7 aromatic carbocycles. The van der Waals surface area contributed by atoms with Crippen molar-refractivity contribution in [1.82, 2.24) is 4.57 Å². The first-order chi connectivity index (χ1) is 20.3. The molecule has 0 aliphatic carbocycles. The van der Waals surface area contributed by atoms with Crippen LogP contribution >= 0.6 is 0 Å². The third kappa shape index (κ3) is 3.57. The molecule has 0 N–H and O–H groups in total. The number of para-hydroxylation sites is 2. The normalized spacial score (nSPS) is 11.4. The molecule has 0 unspecified atom stereocenters. The molecule has 0 aliphatic rings. The molecule has 0 saturated heterocycles. The monoisotopic (exact) mass is 520 g/mol. The van der Waals surface area contributed by atoms with E-state index in [4.69, 9.17) is 6.57 Å². The van der Waals surface area contributed by atoms with Gasteiger partial charge in [0.05, 0.1) is 17.6 Å². The zero-order valence-electron chi connectivity index (χ0n) is 22.3. The summed E-state index contributed by atoms with van der Waals surface area (Å²) in [6.07, 6.45) is 0. The highest BCUT2D eigenvalue weighted by Crippen LogP contribution is 2.44. The third-order valence-electron chi connectivity index (χ3n) is 8.21. The lowest BCUT2D eigenvalue weighted by Gasteiger charge is -2.18. The summed E-state index contributed by atoms with van der Waals surface area (Å²) < 4.78 is 2.36. The Bertz CT molecular complexity index is 2190. The second kappa shape index (κ2) is 9.23. The van der Waals surface area contributed by atoms with Crippen molar-refractivity contribution in [3.63, 3.8) is 0 Å². The van der Waals surface area contributed by atoms with Gasteiger partial charge in [-0.3, -0.25) is 0 Å². The molecule has 0 radical (unpaired) electrons. The van der Waals surface area contributed by atoms with Gasteiger partial charge in [-0.15, -0.1) is 0 Å². The van der Waals surface area contributed by atoms with Crippen LogP contribution in [0, 0.1) is 6.57 Å². The van der Waals surface area contributed by atoms with Gasteiger partial charge in [0.1, 0.15) is 0 Å². The predicted molar refractivity (Wildman–Crippen MR) is 173 cm³/mol. The Morgan fingerprint density at radius 3 is 1.17 bits per heavy atom. The predicted octanol–water partition coefficient (Wildman–Crippen LogP) is 11.0. The molecule has 8 rings (SSSR count). The van der Waals surface area contributed by atoms with Crippen LogP contribution in [0.5, 0.6) is 0 Å². The minimum absolute atomic E-state index is 0.655. The Hall–Kier alpha value is -5.65. The van der Waals surface area contributed by atoms with Crippen molar-refractivity contribution in [3.8, 4) is 27.9 Å². The van der Waals surface area contributed by atoms with E-state index in [0.29, 0.717) is 5.69 Å². The highest BCUT2D eigenvalue weighted by molar-refractivity contribution is 6.21. The number of hydrogen-bond acceptors (Lipinski definition) is 0. The zero-order chi connectivity index (χ0) is 27.3. The van der Waals surface area contributed by atoms with E-state index in [1.165, 1.54) is 60.0 Å². The fourth-order valence-electron chi connectivity index (χ4n) is 6.43. The molecule has 0 atom stereocenters. The minimum atomic E-state index is 0.655. The van der Waals surface area contributed by atoms with Gasteiger partial charge < -0.3 is 4.57 Å². The lowest BCUT2D eigenvalue weighted by molar-refractivity contribution is 1.18. The number of rotatable bonds is 3. The first kappa shape index (κ1) is 23.3. The quantitative estimate of drug-likeness (QED) is 0.162. The van der Waals surface area contributed by atoms with Gasteiger partial charge in [-0.2, -0.15) is 0 Å². The summed E-state index contributed by atoms with van der Waals surface area (Å²) in [7, 11) is 0. The molecule has 0 amide bonds. The Morgan fingerprint density at radius 1 is 0.390 bits per heavy atom. The Kier molecular flexibility index (Phi) is 5.23. The van der Waals surface area contributed by atoms with Gasteiger partial charge in [-0.05, 0) is 68.1 Å². The van der Waals surface area contributed by atoms with Gasteiger partial charge in [-0.25, -0.2) is 4.85 Å². The Labute approximate surface area is 238 Å². The van der Waals surface area contributed by atoms with Gasteiger partial charge in [0.2, 0.25) is 0 Å². The molecule has 0 fully saturated rings. The van der Waals surface area contributed by atoms with Crippen LogP contribution in [0.25, 0.3) is 76.1 Å². The average Bonchev–Trinajstić information content (AvgIpc) is 3.38. The second-order valence-corrected chi connectivity index (χ2v) is 10.4. The smallest absolute Gasteiger partial charge is 0.187 e. The van der Waals surface area contributed by atoms with E-state index in [9.17, 15) is 0 Å². The summed E-state index contributed by atoms with van der Waals surface area (Å²) in [5.41, 5.74) is 9.00. The molecule has 2 heteroatoms. The van der Waals surface area contributed by atoms with Crippen LogP contribution in [-0.2, 0) is 0 Å².